The first-order valence-electron chi connectivity index (χ1n) is 12.6. The highest BCUT2D eigenvalue weighted by Crippen LogP contribution is 2.36. The van der Waals surface area contributed by atoms with Gasteiger partial charge < -0.3 is 15.1 Å². The summed E-state index contributed by atoms with van der Waals surface area (Å²) in [4.78, 5) is 23.9. The maximum Gasteiger partial charge on any atom is 0.339 e. The summed E-state index contributed by atoms with van der Waals surface area (Å²) in [6, 6.07) is 6.21. The Balaban J connectivity index is 1.78. The molecule has 1 aliphatic heterocycles. The second-order valence-electron chi connectivity index (χ2n) is 10.1. The van der Waals surface area contributed by atoms with E-state index in [4.69, 9.17) is 0 Å². The highest BCUT2D eigenvalue weighted by molar-refractivity contribution is 7.89. The molecular weight excluding hydrogens is 587 g/mol. The minimum atomic E-state index is -5.32. The van der Waals surface area contributed by atoms with Gasteiger partial charge in [0.15, 0.2) is 28.2 Å². The van der Waals surface area contributed by atoms with E-state index in [1.807, 2.05) is 13.8 Å². The normalized spacial score (nSPS) is 15.5. The van der Waals surface area contributed by atoms with Crippen LogP contribution in [-0.2, 0) is 21.4 Å². The quantitative estimate of drug-likeness (QED) is 0.267. The van der Waals surface area contributed by atoms with Crippen LogP contribution in [0.3, 0.4) is 0 Å². The predicted molar refractivity (Wildman–Crippen MR) is 140 cm³/mol. The average Bonchev–Trinajstić information content (AvgIpc) is 2.89. The lowest BCUT2D eigenvalue weighted by atomic mass is 10.0. The Morgan fingerprint density at radius 3 is 2.05 bits per heavy atom. The average molecular weight is 613 g/mol. The SMILES string of the molecule is Cc1c(F)c(F)c(S(=O)(=O)N2CC[C@@H]2C(=O)N(Cc2ccc(C(C)C)cc2)c2cc(O)c(C(=O)O)cc2F)c(F)c1F. The molecule has 1 aliphatic rings. The number of hydrogen-bond donors (Lipinski definition) is 2. The summed E-state index contributed by atoms with van der Waals surface area (Å²) in [5.74, 6) is -12.9. The number of aromatic carboxylic acids is 1. The van der Waals surface area contributed by atoms with Crippen molar-refractivity contribution in [2.24, 2.45) is 0 Å². The molecular formula is C28H25F5N2O6S. The minimum absolute atomic E-state index is 0.153. The van der Waals surface area contributed by atoms with Crippen LogP contribution in [0.4, 0.5) is 27.6 Å². The summed E-state index contributed by atoms with van der Waals surface area (Å²) in [5.41, 5.74) is -1.11. The molecule has 0 saturated carbocycles. The van der Waals surface area contributed by atoms with Crippen LogP contribution in [0.15, 0.2) is 41.3 Å². The smallest absolute Gasteiger partial charge is 0.339 e. The Kier molecular flexibility index (Phi) is 8.33. The van der Waals surface area contributed by atoms with Gasteiger partial charge in [0.05, 0.1) is 12.2 Å². The van der Waals surface area contributed by atoms with Gasteiger partial charge in [-0.2, -0.15) is 4.31 Å². The van der Waals surface area contributed by atoms with E-state index in [2.05, 4.69) is 0 Å². The number of carboxylic acids is 1. The summed E-state index contributed by atoms with van der Waals surface area (Å²) in [5, 5.41) is 19.4. The van der Waals surface area contributed by atoms with E-state index < -0.39 is 91.0 Å². The second-order valence-corrected chi connectivity index (χ2v) is 11.9. The molecule has 1 atom stereocenters. The summed E-state index contributed by atoms with van der Waals surface area (Å²) < 4.78 is 99.6. The van der Waals surface area contributed by atoms with Crippen molar-refractivity contribution in [3.8, 4) is 5.75 Å². The molecule has 14 heteroatoms. The minimum Gasteiger partial charge on any atom is -0.507 e. The third-order valence-corrected chi connectivity index (χ3v) is 9.03. The molecule has 0 spiro atoms. The van der Waals surface area contributed by atoms with Crippen LogP contribution in [0.25, 0.3) is 0 Å². The second kappa shape index (κ2) is 11.3. The monoisotopic (exact) mass is 612 g/mol. The van der Waals surface area contributed by atoms with Crippen LogP contribution in [0.2, 0.25) is 0 Å². The summed E-state index contributed by atoms with van der Waals surface area (Å²) in [6.07, 6.45) is -0.207. The van der Waals surface area contributed by atoms with Crippen molar-refractivity contribution in [2.45, 2.75) is 50.6 Å². The lowest BCUT2D eigenvalue weighted by molar-refractivity contribution is -0.125. The van der Waals surface area contributed by atoms with E-state index in [-0.39, 0.29) is 18.9 Å². The zero-order valence-electron chi connectivity index (χ0n) is 22.5. The number of sulfonamides is 1. The molecule has 1 fully saturated rings. The molecule has 3 aromatic rings. The van der Waals surface area contributed by atoms with Crippen molar-refractivity contribution >= 4 is 27.6 Å². The molecule has 0 radical (unpaired) electrons. The lowest BCUT2D eigenvalue weighted by Gasteiger charge is -2.41. The van der Waals surface area contributed by atoms with Crippen molar-refractivity contribution in [3.63, 3.8) is 0 Å². The maximum absolute atomic E-state index is 15.2. The largest absolute Gasteiger partial charge is 0.507 e. The van der Waals surface area contributed by atoms with Crippen molar-refractivity contribution in [1.29, 1.82) is 0 Å². The Hall–Kier alpha value is -4.04. The van der Waals surface area contributed by atoms with Gasteiger partial charge >= 0.3 is 5.97 Å². The lowest BCUT2D eigenvalue weighted by Crippen LogP contribution is -2.59. The zero-order chi connectivity index (χ0) is 31.3. The highest BCUT2D eigenvalue weighted by atomic mass is 32.2. The Morgan fingerprint density at radius 1 is 1.00 bits per heavy atom. The van der Waals surface area contributed by atoms with Crippen LogP contribution in [0.1, 0.15) is 53.2 Å². The fourth-order valence-corrected chi connectivity index (χ4v) is 6.29. The van der Waals surface area contributed by atoms with Gasteiger partial charge in [-0.05, 0) is 36.5 Å². The fraction of sp³-hybridized carbons (Fsp3) is 0.286. The van der Waals surface area contributed by atoms with Crippen LogP contribution >= 0.6 is 0 Å². The molecule has 0 bridgehead atoms. The van der Waals surface area contributed by atoms with Gasteiger partial charge in [0, 0.05) is 18.2 Å². The van der Waals surface area contributed by atoms with Gasteiger partial charge in [0.2, 0.25) is 15.9 Å². The van der Waals surface area contributed by atoms with Crippen LogP contribution in [0.5, 0.6) is 5.75 Å². The Morgan fingerprint density at radius 2 is 1.57 bits per heavy atom. The number of rotatable bonds is 8. The van der Waals surface area contributed by atoms with E-state index in [0.717, 1.165) is 10.5 Å². The molecule has 0 aliphatic carbocycles. The van der Waals surface area contributed by atoms with Crippen LogP contribution < -0.4 is 4.90 Å². The van der Waals surface area contributed by atoms with Gasteiger partial charge in [0.25, 0.3) is 0 Å². The molecule has 2 N–H and O–H groups in total. The molecule has 42 heavy (non-hydrogen) atoms. The van der Waals surface area contributed by atoms with Crippen molar-refractivity contribution < 1.29 is 50.2 Å². The van der Waals surface area contributed by atoms with E-state index in [1.54, 1.807) is 24.3 Å². The molecule has 224 valence electrons. The van der Waals surface area contributed by atoms with Crippen molar-refractivity contribution in [1.82, 2.24) is 4.31 Å². The summed E-state index contributed by atoms with van der Waals surface area (Å²) in [6.45, 7) is 3.75. The molecule has 3 aromatic carbocycles. The van der Waals surface area contributed by atoms with E-state index in [1.165, 1.54) is 0 Å². The number of phenols is 1. The molecule has 0 aromatic heterocycles. The zero-order valence-corrected chi connectivity index (χ0v) is 23.3. The summed E-state index contributed by atoms with van der Waals surface area (Å²) in [7, 11) is -5.32. The highest BCUT2D eigenvalue weighted by Gasteiger charge is 2.48. The molecule has 1 amide bonds. The predicted octanol–water partition coefficient (Wildman–Crippen LogP) is 5.21. The molecule has 4 rings (SSSR count). The standard InChI is InChI=1S/C28H25F5N2O6S/c1-13(2)16-6-4-15(5-7-16)12-34(20-11-21(36)17(28(38)39)10-18(20)29)27(37)19-8-9-35(19)42(40,41)26-24(32)22(30)14(3)23(31)25(26)33/h4-7,10-11,13,19,36H,8-9,12H2,1-3H3,(H,38,39)/t19-/m1/s1. The molecule has 8 nitrogen and oxygen atoms in total. The third kappa shape index (κ3) is 5.31. The van der Waals surface area contributed by atoms with Crippen molar-refractivity contribution in [3.05, 3.63) is 87.7 Å². The first kappa shape index (κ1) is 30.9. The number of aromatic hydroxyl groups is 1. The van der Waals surface area contributed by atoms with Gasteiger partial charge in [-0.3, -0.25) is 4.79 Å². The topological polar surface area (TPSA) is 115 Å². The molecule has 1 heterocycles. The first-order valence-corrected chi connectivity index (χ1v) is 14.0. The van der Waals surface area contributed by atoms with Gasteiger partial charge in [-0.15, -0.1) is 0 Å². The van der Waals surface area contributed by atoms with Crippen molar-refractivity contribution in [2.75, 3.05) is 11.4 Å². The number of halogens is 5. The Labute approximate surface area is 237 Å². The molecule has 0 unspecified atom stereocenters. The maximum atomic E-state index is 15.2. The van der Waals surface area contributed by atoms with Gasteiger partial charge in [-0.25, -0.2) is 35.2 Å². The first-order chi connectivity index (χ1) is 19.6. The fourth-order valence-electron chi connectivity index (χ4n) is 4.54. The number of nitrogens with zero attached hydrogens (tertiary/aromatic N) is 2. The number of benzene rings is 3. The third-order valence-electron chi connectivity index (χ3n) is 7.10. The van der Waals surface area contributed by atoms with Crippen LogP contribution in [0, 0.1) is 36.0 Å². The number of anilines is 1. The summed E-state index contributed by atoms with van der Waals surface area (Å²) >= 11 is 0. The van der Waals surface area contributed by atoms with E-state index >= 15 is 4.39 Å². The number of carbonyl (C=O) groups is 2. The number of carbonyl (C=O) groups excluding carboxylic acids is 1. The van der Waals surface area contributed by atoms with Crippen LogP contribution in [-0.4, -0.2) is 47.4 Å². The van der Waals surface area contributed by atoms with E-state index in [9.17, 15) is 45.8 Å². The van der Waals surface area contributed by atoms with Gasteiger partial charge in [-0.1, -0.05) is 38.1 Å². The number of amides is 1. The van der Waals surface area contributed by atoms with E-state index in [0.29, 0.717) is 28.9 Å². The number of carboxylic acid groups (broad SMARTS) is 1. The van der Waals surface area contributed by atoms with Gasteiger partial charge in [0.1, 0.15) is 23.2 Å². The molecule has 1 saturated heterocycles. The Bertz CT molecular complexity index is 1670. The number of hydrogen-bond acceptors (Lipinski definition) is 5.